The summed E-state index contributed by atoms with van der Waals surface area (Å²) in [5.41, 5.74) is 1.13. The molecule has 15 heavy (non-hydrogen) atoms. The smallest absolute Gasteiger partial charge is 0.335 e. The van der Waals surface area contributed by atoms with Crippen LogP contribution in [0.5, 0.6) is 5.75 Å². The predicted molar refractivity (Wildman–Crippen MR) is 56.8 cm³/mol. The summed E-state index contributed by atoms with van der Waals surface area (Å²) in [7, 11) is 1.94. The first kappa shape index (κ1) is 9.83. The van der Waals surface area contributed by atoms with Gasteiger partial charge in [0.1, 0.15) is 12.4 Å². The molecule has 1 aliphatic rings. The van der Waals surface area contributed by atoms with Gasteiger partial charge in [0.15, 0.2) is 0 Å². The van der Waals surface area contributed by atoms with Crippen molar-refractivity contribution in [3.63, 3.8) is 0 Å². The molecule has 0 unspecified atom stereocenters. The zero-order valence-corrected chi connectivity index (χ0v) is 8.73. The standard InChI is InChI=1S/C11H13NO3/c1-7-6-15-10-4-3-8(11(13)14)5-9(10)12(7)2/h3-5,7H,6H2,1-2H3,(H,13,14)/t7-/m1/s1. The maximum Gasteiger partial charge on any atom is 0.335 e. The molecule has 1 atom stereocenters. The summed E-state index contributed by atoms with van der Waals surface area (Å²) in [6, 6.07) is 5.18. The first-order valence-electron chi connectivity index (χ1n) is 4.82. The Hall–Kier alpha value is -1.71. The maximum absolute atomic E-state index is 10.8. The van der Waals surface area contributed by atoms with E-state index in [1.807, 2.05) is 18.9 Å². The summed E-state index contributed by atoms with van der Waals surface area (Å²) >= 11 is 0. The molecule has 0 spiro atoms. The number of likely N-dealkylation sites (N-methyl/N-ethyl adjacent to an activating group) is 1. The summed E-state index contributed by atoms with van der Waals surface area (Å²) in [4.78, 5) is 12.8. The van der Waals surface area contributed by atoms with E-state index in [9.17, 15) is 4.79 Å². The molecule has 0 amide bonds. The first-order chi connectivity index (χ1) is 7.09. The fourth-order valence-electron chi connectivity index (χ4n) is 1.61. The van der Waals surface area contributed by atoms with Crippen molar-refractivity contribution in [2.24, 2.45) is 0 Å². The second-order valence-corrected chi connectivity index (χ2v) is 3.76. The number of fused-ring (bicyclic) bond motifs is 1. The van der Waals surface area contributed by atoms with Gasteiger partial charge in [0.2, 0.25) is 0 Å². The van der Waals surface area contributed by atoms with Gasteiger partial charge in [-0.05, 0) is 25.1 Å². The van der Waals surface area contributed by atoms with Crippen molar-refractivity contribution in [1.82, 2.24) is 0 Å². The molecule has 80 valence electrons. The highest BCUT2D eigenvalue weighted by molar-refractivity contribution is 5.89. The van der Waals surface area contributed by atoms with Crippen molar-refractivity contribution in [3.05, 3.63) is 23.8 Å². The molecule has 0 bridgehead atoms. The molecule has 4 heteroatoms. The topological polar surface area (TPSA) is 49.8 Å². The second-order valence-electron chi connectivity index (χ2n) is 3.76. The number of carbonyl (C=O) groups is 1. The number of carboxylic acid groups (broad SMARTS) is 1. The molecule has 0 radical (unpaired) electrons. The number of benzene rings is 1. The van der Waals surface area contributed by atoms with Crippen molar-refractivity contribution in [1.29, 1.82) is 0 Å². The van der Waals surface area contributed by atoms with E-state index in [-0.39, 0.29) is 6.04 Å². The Bertz CT molecular complexity index is 403. The third kappa shape index (κ3) is 1.63. The SMILES string of the molecule is C[C@@H]1COc2ccc(C(=O)O)cc2N1C. The lowest BCUT2D eigenvalue weighted by atomic mass is 10.1. The molecule has 4 nitrogen and oxygen atoms in total. The zero-order chi connectivity index (χ0) is 11.0. The van der Waals surface area contributed by atoms with E-state index in [2.05, 4.69) is 0 Å². The van der Waals surface area contributed by atoms with Gasteiger partial charge in [0.05, 0.1) is 17.3 Å². The first-order valence-corrected chi connectivity index (χ1v) is 4.82. The Kier molecular flexibility index (Phi) is 2.26. The van der Waals surface area contributed by atoms with Crippen LogP contribution in [0, 0.1) is 0 Å². The van der Waals surface area contributed by atoms with E-state index < -0.39 is 5.97 Å². The largest absolute Gasteiger partial charge is 0.489 e. The summed E-state index contributed by atoms with van der Waals surface area (Å²) in [5, 5.41) is 8.88. The summed E-state index contributed by atoms with van der Waals surface area (Å²) in [5.74, 6) is -0.162. The van der Waals surface area contributed by atoms with E-state index in [0.29, 0.717) is 12.2 Å². The molecule has 1 aromatic rings. The van der Waals surface area contributed by atoms with Crippen LogP contribution >= 0.6 is 0 Å². The van der Waals surface area contributed by atoms with E-state index in [1.54, 1.807) is 18.2 Å². The molecule has 1 aromatic carbocycles. The normalized spacial score (nSPS) is 19.3. The molecule has 1 aliphatic heterocycles. The number of rotatable bonds is 1. The van der Waals surface area contributed by atoms with E-state index in [4.69, 9.17) is 9.84 Å². The monoisotopic (exact) mass is 207 g/mol. The van der Waals surface area contributed by atoms with Crippen LogP contribution < -0.4 is 9.64 Å². The number of ether oxygens (including phenoxy) is 1. The number of hydrogen-bond acceptors (Lipinski definition) is 3. The molecular formula is C11H13NO3. The fourth-order valence-corrected chi connectivity index (χ4v) is 1.61. The molecule has 0 aliphatic carbocycles. The number of carboxylic acids is 1. The zero-order valence-electron chi connectivity index (χ0n) is 8.73. The average molecular weight is 207 g/mol. The van der Waals surface area contributed by atoms with E-state index >= 15 is 0 Å². The van der Waals surface area contributed by atoms with Gasteiger partial charge >= 0.3 is 5.97 Å². The van der Waals surface area contributed by atoms with Crippen LogP contribution in [0.15, 0.2) is 18.2 Å². The molecular weight excluding hydrogens is 194 g/mol. The molecule has 2 rings (SSSR count). The molecule has 0 fully saturated rings. The van der Waals surface area contributed by atoms with Crippen LogP contribution in [0.1, 0.15) is 17.3 Å². The van der Waals surface area contributed by atoms with Crippen LogP contribution in [0.2, 0.25) is 0 Å². The predicted octanol–water partition coefficient (Wildman–Crippen LogP) is 1.60. The Balaban J connectivity index is 2.45. The van der Waals surface area contributed by atoms with Gasteiger partial charge < -0.3 is 14.7 Å². The van der Waals surface area contributed by atoms with Gasteiger partial charge in [0.25, 0.3) is 0 Å². The van der Waals surface area contributed by atoms with Gasteiger partial charge in [-0.3, -0.25) is 0 Å². The number of nitrogens with zero attached hydrogens (tertiary/aromatic N) is 1. The lowest BCUT2D eigenvalue weighted by molar-refractivity contribution is 0.0697. The Morgan fingerprint density at radius 1 is 1.60 bits per heavy atom. The highest BCUT2D eigenvalue weighted by Crippen LogP contribution is 2.33. The number of anilines is 1. The Morgan fingerprint density at radius 2 is 2.33 bits per heavy atom. The van der Waals surface area contributed by atoms with Crippen LogP contribution in [-0.4, -0.2) is 30.8 Å². The van der Waals surface area contributed by atoms with Gasteiger partial charge in [0, 0.05) is 7.05 Å². The lowest BCUT2D eigenvalue weighted by Crippen LogP contribution is -2.38. The third-order valence-electron chi connectivity index (χ3n) is 2.73. The average Bonchev–Trinajstić information content (AvgIpc) is 2.23. The fraction of sp³-hybridized carbons (Fsp3) is 0.364. The van der Waals surface area contributed by atoms with Gasteiger partial charge in [-0.1, -0.05) is 0 Å². The molecule has 0 saturated heterocycles. The number of aromatic carboxylic acids is 1. The van der Waals surface area contributed by atoms with Gasteiger partial charge in [-0.2, -0.15) is 0 Å². The van der Waals surface area contributed by atoms with Crippen molar-refractivity contribution < 1.29 is 14.6 Å². The minimum absolute atomic E-state index is 0.265. The van der Waals surface area contributed by atoms with Crippen molar-refractivity contribution >= 4 is 11.7 Å². The van der Waals surface area contributed by atoms with Crippen LogP contribution in [0.4, 0.5) is 5.69 Å². The highest BCUT2D eigenvalue weighted by Gasteiger charge is 2.22. The van der Waals surface area contributed by atoms with Crippen LogP contribution in [0.25, 0.3) is 0 Å². The van der Waals surface area contributed by atoms with E-state index in [0.717, 1.165) is 11.4 Å². The van der Waals surface area contributed by atoms with Crippen LogP contribution in [-0.2, 0) is 0 Å². The second kappa shape index (κ2) is 3.46. The summed E-state index contributed by atoms with van der Waals surface area (Å²) in [6.07, 6.45) is 0. The van der Waals surface area contributed by atoms with Crippen molar-refractivity contribution in [2.75, 3.05) is 18.6 Å². The Morgan fingerprint density at radius 3 is 3.00 bits per heavy atom. The molecule has 0 aromatic heterocycles. The minimum atomic E-state index is -0.913. The summed E-state index contributed by atoms with van der Waals surface area (Å²) < 4.78 is 5.51. The highest BCUT2D eigenvalue weighted by atomic mass is 16.5. The van der Waals surface area contributed by atoms with Gasteiger partial charge in [-0.15, -0.1) is 0 Å². The van der Waals surface area contributed by atoms with Crippen molar-refractivity contribution in [3.8, 4) is 5.75 Å². The van der Waals surface area contributed by atoms with Crippen LogP contribution in [0.3, 0.4) is 0 Å². The Labute approximate surface area is 88.1 Å². The van der Waals surface area contributed by atoms with Crippen molar-refractivity contribution in [2.45, 2.75) is 13.0 Å². The molecule has 1 N–H and O–H groups in total. The number of hydrogen-bond donors (Lipinski definition) is 1. The quantitative estimate of drug-likeness (QED) is 0.760. The van der Waals surface area contributed by atoms with Gasteiger partial charge in [-0.25, -0.2) is 4.79 Å². The lowest BCUT2D eigenvalue weighted by Gasteiger charge is -2.33. The minimum Gasteiger partial charge on any atom is -0.489 e. The summed E-state index contributed by atoms with van der Waals surface area (Å²) in [6.45, 7) is 2.67. The third-order valence-corrected chi connectivity index (χ3v) is 2.73. The maximum atomic E-state index is 10.8. The molecule has 0 saturated carbocycles. The molecule has 1 heterocycles. The van der Waals surface area contributed by atoms with E-state index in [1.165, 1.54) is 0 Å².